The van der Waals surface area contributed by atoms with Crippen LogP contribution in [0.2, 0.25) is 0 Å². The van der Waals surface area contributed by atoms with Gasteiger partial charge in [-0.2, -0.15) is 0 Å². The third-order valence-electron chi connectivity index (χ3n) is 2.29. The molecule has 0 aliphatic carbocycles. The predicted octanol–water partition coefficient (Wildman–Crippen LogP) is 1.56. The minimum atomic E-state index is -0.0204. The molecular weight excluding hydrogens is 216 g/mol. The molecule has 0 unspecified atom stereocenters. The molecule has 0 saturated carbocycles. The molecule has 17 heavy (non-hydrogen) atoms. The number of aryl methyl sites for hydroxylation is 1. The highest BCUT2D eigenvalue weighted by atomic mass is 16.5. The topological polar surface area (TPSA) is 50.4 Å². The van der Waals surface area contributed by atoms with Gasteiger partial charge in [-0.15, -0.1) is 0 Å². The molecule has 0 aromatic heterocycles. The van der Waals surface area contributed by atoms with E-state index in [1.54, 1.807) is 7.11 Å². The largest absolute Gasteiger partial charge is 0.385 e. The lowest BCUT2D eigenvalue weighted by molar-refractivity contribution is -0.115. The lowest BCUT2D eigenvalue weighted by Gasteiger charge is -2.07. The third-order valence-corrected chi connectivity index (χ3v) is 2.29. The molecule has 1 amide bonds. The fourth-order valence-electron chi connectivity index (χ4n) is 1.47. The van der Waals surface area contributed by atoms with E-state index in [0.29, 0.717) is 13.2 Å². The highest BCUT2D eigenvalue weighted by Crippen LogP contribution is 2.08. The molecule has 0 spiro atoms. The van der Waals surface area contributed by atoms with E-state index >= 15 is 0 Å². The first-order valence-corrected chi connectivity index (χ1v) is 5.78. The van der Waals surface area contributed by atoms with E-state index in [1.807, 2.05) is 31.2 Å². The van der Waals surface area contributed by atoms with Crippen LogP contribution in [0, 0.1) is 6.92 Å². The summed E-state index contributed by atoms with van der Waals surface area (Å²) in [6.07, 6.45) is 0.911. The Morgan fingerprint density at radius 3 is 2.94 bits per heavy atom. The Balaban J connectivity index is 2.21. The van der Waals surface area contributed by atoms with Crippen LogP contribution in [0.3, 0.4) is 0 Å². The fourth-order valence-corrected chi connectivity index (χ4v) is 1.47. The van der Waals surface area contributed by atoms with Gasteiger partial charge in [0.1, 0.15) is 0 Å². The average molecular weight is 236 g/mol. The van der Waals surface area contributed by atoms with E-state index in [-0.39, 0.29) is 5.91 Å². The zero-order chi connectivity index (χ0) is 12.5. The lowest BCUT2D eigenvalue weighted by Crippen LogP contribution is -2.29. The van der Waals surface area contributed by atoms with Crippen molar-refractivity contribution in [3.05, 3.63) is 29.8 Å². The summed E-state index contributed by atoms with van der Waals surface area (Å²) in [5.41, 5.74) is 1.98. The molecule has 1 aromatic rings. The molecule has 94 valence electrons. The maximum absolute atomic E-state index is 11.6. The van der Waals surface area contributed by atoms with Gasteiger partial charge in [0.2, 0.25) is 5.91 Å². The molecule has 0 saturated heterocycles. The minimum Gasteiger partial charge on any atom is -0.385 e. The Morgan fingerprint density at radius 1 is 1.41 bits per heavy atom. The summed E-state index contributed by atoms with van der Waals surface area (Å²) >= 11 is 0. The predicted molar refractivity (Wildman–Crippen MR) is 69.2 cm³/mol. The van der Waals surface area contributed by atoms with Crippen molar-refractivity contribution in [3.8, 4) is 0 Å². The summed E-state index contributed by atoms with van der Waals surface area (Å²) in [6, 6.07) is 7.76. The summed E-state index contributed by atoms with van der Waals surface area (Å²) in [7, 11) is 1.67. The van der Waals surface area contributed by atoms with Gasteiger partial charge in [0.15, 0.2) is 0 Å². The second kappa shape index (κ2) is 7.81. The van der Waals surface area contributed by atoms with Gasteiger partial charge in [0, 0.05) is 19.4 Å². The molecule has 1 rings (SSSR count). The molecule has 0 aliphatic heterocycles. The number of nitrogens with one attached hydrogen (secondary N) is 2. The molecule has 4 heteroatoms. The highest BCUT2D eigenvalue weighted by molar-refractivity contribution is 5.92. The van der Waals surface area contributed by atoms with E-state index < -0.39 is 0 Å². The molecule has 0 fully saturated rings. The van der Waals surface area contributed by atoms with Crippen molar-refractivity contribution in [1.82, 2.24) is 5.32 Å². The molecule has 1 aromatic carbocycles. The number of methoxy groups -OCH3 is 1. The molecule has 0 radical (unpaired) electrons. The van der Waals surface area contributed by atoms with Crippen molar-refractivity contribution in [3.63, 3.8) is 0 Å². The number of carbonyl (C=O) groups is 1. The number of carbonyl (C=O) groups excluding carboxylic acids is 1. The quantitative estimate of drug-likeness (QED) is 0.706. The van der Waals surface area contributed by atoms with Crippen molar-refractivity contribution in [1.29, 1.82) is 0 Å². The van der Waals surface area contributed by atoms with Gasteiger partial charge in [-0.25, -0.2) is 0 Å². The van der Waals surface area contributed by atoms with Gasteiger partial charge in [-0.1, -0.05) is 12.1 Å². The molecule has 0 atom stereocenters. The first-order chi connectivity index (χ1) is 8.22. The van der Waals surface area contributed by atoms with Crippen molar-refractivity contribution in [2.75, 3.05) is 32.1 Å². The van der Waals surface area contributed by atoms with Crippen molar-refractivity contribution < 1.29 is 9.53 Å². The van der Waals surface area contributed by atoms with Crippen LogP contribution < -0.4 is 10.6 Å². The van der Waals surface area contributed by atoms with Crippen LogP contribution in [-0.2, 0) is 9.53 Å². The molecule has 4 nitrogen and oxygen atoms in total. The van der Waals surface area contributed by atoms with Crippen LogP contribution in [0.4, 0.5) is 5.69 Å². The Kier molecular flexibility index (Phi) is 6.29. The standard InChI is InChI=1S/C13H20N2O2/c1-11-5-3-6-12(9-11)15-13(16)10-14-7-4-8-17-2/h3,5-6,9,14H,4,7-8,10H2,1-2H3,(H,15,16). The summed E-state index contributed by atoms with van der Waals surface area (Å²) < 4.78 is 4.92. The number of benzene rings is 1. The van der Waals surface area contributed by atoms with Crippen molar-refractivity contribution >= 4 is 11.6 Å². The number of hydrogen-bond donors (Lipinski definition) is 2. The summed E-state index contributed by atoms with van der Waals surface area (Å²) in [6.45, 7) is 3.83. The van der Waals surface area contributed by atoms with Crippen LogP contribution in [0.25, 0.3) is 0 Å². The van der Waals surface area contributed by atoms with Gasteiger partial charge in [-0.05, 0) is 37.6 Å². The van der Waals surface area contributed by atoms with E-state index in [2.05, 4.69) is 10.6 Å². The number of ether oxygens (including phenoxy) is 1. The first-order valence-electron chi connectivity index (χ1n) is 5.78. The zero-order valence-electron chi connectivity index (χ0n) is 10.5. The Labute approximate surface area is 102 Å². The van der Waals surface area contributed by atoms with E-state index in [4.69, 9.17) is 4.74 Å². The molecule has 0 bridgehead atoms. The van der Waals surface area contributed by atoms with Crippen LogP contribution >= 0.6 is 0 Å². The van der Waals surface area contributed by atoms with Crippen LogP contribution in [0.1, 0.15) is 12.0 Å². The van der Waals surface area contributed by atoms with E-state index in [0.717, 1.165) is 24.2 Å². The number of anilines is 1. The molecule has 2 N–H and O–H groups in total. The van der Waals surface area contributed by atoms with E-state index in [1.165, 1.54) is 0 Å². The Morgan fingerprint density at radius 2 is 2.24 bits per heavy atom. The lowest BCUT2D eigenvalue weighted by atomic mass is 10.2. The maximum Gasteiger partial charge on any atom is 0.238 e. The van der Waals surface area contributed by atoms with Crippen LogP contribution in [-0.4, -0.2) is 32.7 Å². The molecule has 0 heterocycles. The van der Waals surface area contributed by atoms with Gasteiger partial charge < -0.3 is 15.4 Å². The minimum absolute atomic E-state index is 0.0204. The van der Waals surface area contributed by atoms with Crippen molar-refractivity contribution in [2.45, 2.75) is 13.3 Å². The summed E-state index contributed by atoms with van der Waals surface area (Å²) in [5, 5.41) is 5.90. The Bertz CT molecular complexity index is 353. The van der Waals surface area contributed by atoms with Gasteiger partial charge in [0.25, 0.3) is 0 Å². The average Bonchev–Trinajstić information content (AvgIpc) is 2.29. The van der Waals surface area contributed by atoms with Gasteiger partial charge in [0.05, 0.1) is 6.54 Å². The fraction of sp³-hybridized carbons (Fsp3) is 0.462. The summed E-state index contributed by atoms with van der Waals surface area (Å²) in [5.74, 6) is -0.0204. The number of hydrogen-bond acceptors (Lipinski definition) is 3. The van der Waals surface area contributed by atoms with Gasteiger partial charge >= 0.3 is 0 Å². The van der Waals surface area contributed by atoms with E-state index in [9.17, 15) is 4.79 Å². The van der Waals surface area contributed by atoms with Crippen LogP contribution in [0.5, 0.6) is 0 Å². The second-order valence-corrected chi connectivity index (χ2v) is 3.94. The second-order valence-electron chi connectivity index (χ2n) is 3.94. The van der Waals surface area contributed by atoms with Gasteiger partial charge in [-0.3, -0.25) is 4.79 Å². The number of amides is 1. The maximum atomic E-state index is 11.6. The third kappa shape index (κ3) is 6.04. The number of rotatable bonds is 7. The first kappa shape index (κ1) is 13.7. The molecule has 0 aliphatic rings. The molecular formula is C13H20N2O2. The normalized spacial score (nSPS) is 10.2. The monoisotopic (exact) mass is 236 g/mol. The van der Waals surface area contributed by atoms with Crippen molar-refractivity contribution in [2.24, 2.45) is 0 Å². The smallest absolute Gasteiger partial charge is 0.238 e. The summed E-state index contributed by atoms with van der Waals surface area (Å²) in [4.78, 5) is 11.6. The highest BCUT2D eigenvalue weighted by Gasteiger charge is 2.01. The zero-order valence-corrected chi connectivity index (χ0v) is 10.5. The Hall–Kier alpha value is -1.39. The van der Waals surface area contributed by atoms with Crippen LogP contribution in [0.15, 0.2) is 24.3 Å². The SMILES string of the molecule is COCCCNCC(=O)Nc1cccc(C)c1.